The molecule has 2 fully saturated rings. The van der Waals surface area contributed by atoms with Crippen LogP contribution < -0.4 is 10.5 Å². The predicted molar refractivity (Wildman–Crippen MR) is 131 cm³/mol. The number of rotatable bonds is 9. The van der Waals surface area contributed by atoms with Crippen LogP contribution in [-0.2, 0) is 16.3 Å². The minimum absolute atomic E-state index is 0.0893. The van der Waals surface area contributed by atoms with Crippen LogP contribution in [0.2, 0.25) is 25.7 Å². The molecule has 3 heterocycles. The van der Waals surface area contributed by atoms with Crippen LogP contribution in [0.15, 0.2) is 18.3 Å². The summed E-state index contributed by atoms with van der Waals surface area (Å²) in [7, 11) is 0.173. The van der Waals surface area contributed by atoms with Crippen LogP contribution in [0.25, 0.3) is 11.3 Å². The highest BCUT2D eigenvalue weighted by atomic mass is 28.3. The summed E-state index contributed by atoms with van der Waals surface area (Å²) in [5.41, 5.74) is 6.06. The summed E-state index contributed by atoms with van der Waals surface area (Å²) >= 11 is 0. The molecule has 2 amide bonds. The van der Waals surface area contributed by atoms with Gasteiger partial charge in [-0.25, -0.2) is 14.1 Å². The van der Waals surface area contributed by atoms with E-state index in [9.17, 15) is 14.0 Å². The molecular formula is C24H34FN5O4Si. The Bertz CT molecular complexity index is 1110. The fraction of sp³-hybridized carbons (Fsp3) is 0.583. The third kappa shape index (κ3) is 5.56. The van der Waals surface area contributed by atoms with Crippen molar-refractivity contribution in [1.82, 2.24) is 19.7 Å². The molecule has 2 aromatic heterocycles. The molecule has 1 aliphatic heterocycles. The number of primary amides is 1. The van der Waals surface area contributed by atoms with E-state index in [2.05, 4.69) is 29.7 Å². The van der Waals surface area contributed by atoms with Crippen molar-refractivity contribution >= 4 is 19.9 Å². The Labute approximate surface area is 205 Å². The van der Waals surface area contributed by atoms with Crippen molar-refractivity contribution in [2.75, 3.05) is 20.3 Å². The first-order chi connectivity index (χ1) is 16.5. The second-order valence-corrected chi connectivity index (χ2v) is 16.4. The number of carbonyl (C=O) groups is 2. The standard InChI is InChI=1S/C24H34FN5O4Si/c1-33-21-11-17(18(25)14-27-21)20-12-19(28-30(20)15-34-9-10-35(2,3)4)23(32)29-8-5-16(22(26)31)13-24(29)6-7-24/h11-12,14,16H,5-10,13,15H2,1-4H3,(H2,26,31). The lowest BCUT2D eigenvalue weighted by molar-refractivity contribution is -0.124. The lowest BCUT2D eigenvalue weighted by Crippen LogP contribution is -2.50. The highest BCUT2D eigenvalue weighted by Crippen LogP contribution is 2.50. The van der Waals surface area contributed by atoms with Gasteiger partial charge in [-0.3, -0.25) is 9.59 Å². The number of methoxy groups -OCH3 is 1. The van der Waals surface area contributed by atoms with Gasteiger partial charge in [-0.15, -0.1) is 0 Å². The van der Waals surface area contributed by atoms with Crippen molar-refractivity contribution in [2.24, 2.45) is 11.7 Å². The molecule has 1 saturated carbocycles. The van der Waals surface area contributed by atoms with E-state index in [0.29, 0.717) is 31.7 Å². The summed E-state index contributed by atoms with van der Waals surface area (Å²) in [5, 5.41) is 4.53. The van der Waals surface area contributed by atoms with Gasteiger partial charge in [-0.1, -0.05) is 19.6 Å². The first-order valence-electron chi connectivity index (χ1n) is 12.0. The highest BCUT2D eigenvalue weighted by Gasteiger charge is 2.54. The predicted octanol–water partition coefficient (Wildman–Crippen LogP) is 3.28. The second-order valence-electron chi connectivity index (χ2n) is 10.7. The van der Waals surface area contributed by atoms with Crippen LogP contribution in [0, 0.1) is 11.7 Å². The minimum Gasteiger partial charge on any atom is -0.481 e. The van der Waals surface area contributed by atoms with Gasteiger partial charge < -0.3 is 20.1 Å². The first kappa shape index (κ1) is 25.3. The number of likely N-dealkylation sites (tertiary alicyclic amines) is 1. The molecule has 11 heteroatoms. The Kier molecular flexibility index (Phi) is 7.01. The summed E-state index contributed by atoms with van der Waals surface area (Å²) in [5.74, 6) is -1.05. The van der Waals surface area contributed by atoms with E-state index in [0.717, 1.165) is 25.1 Å². The fourth-order valence-electron chi connectivity index (χ4n) is 4.60. The lowest BCUT2D eigenvalue weighted by atomic mass is 9.88. The number of ether oxygens (including phenoxy) is 2. The van der Waals surface area contributed by atoms with Crippen molar-refractivity contribution in [3.63, 3.8) is 0 Å². The SMILES string of the molecule is COc1cc(-c2cc(C(=O)N3CCC(C(N)=O)CC34CC4)nn2COCC[Si](C)(C)C)c(F)cn1. The summed E-state index contributed by atoms with van der Waals surface area (Å²) in [4.78, 5) is 31.0. The molecule has 2 aliphatic rings. The number of nitrogens with zero attached hydrogens (tertiary/aromatic N) is 4. The third-order valence-corrected chi connectivity index (χ3v) is 8.60. The Morgan fingerprint density at radius 2 is 2.03 bits per heavy atom. The molecule has 1 atom stereocenters. The molecule has 35 heavy (non-hydrogen) atoms. The van der Waals surface area contributed by atoms with Crippen LogP contribution >= 0.6 is 0 Å². The lowest BCUT2D eigenvalue weighted by Gasteiger charge is -2.38. The average molecular weight is 504 g/mol. The molecule has 1 aliphatic carbocycles. The topological polar surface area (TPSA) is 113 Å². The van der Waals surface area contributed by atoms with Crippen molar-refractivity contribution in [3.05, 3.63) is 29.8 Å². The van der Waals surface area contributed by atoms with Crippen LogP contribution in [0.5, 0.6) is 5.88 Å². The number of piperidine rings is 1. The van der Waals surface area contributed by atoms with Gasteiger partial charge in [0.2, 0.25) is 11.8 Å². The molecule has 9 nitrogen and oxygen atoms in total. The molecule has 0 aromatic carbocycles. The number of carbonyl (C=O) groups excluding carboxylic acids is 2. The molecule has 2 N–H and O–H groups in total. The van der Waals surface area contributed by atoms with E-state index in [1.54, 1.807) is 6.07 Å². The van der Waals surface area contributed by atoms with Gasteiger partial charge in [0.1, 0.15) is 6.73 Å². The minimum atomic E-state index is -1.29. The Hall–Kier alpha value is -2.79. The van der Waals surface area contributed by atoms with Crippen molar-refractivity contribution in [3.8, 4) is 17.1 Å². The maximum absolute atomic E-state index is 14.8. The van der Waals surface area contributed by atoms with Crippen molar-refractivity contribution in [1.29, 1.82) is 0 Å². The number of pyridine rings is 1. The maximum atomic E-state index is 14.8. The number of hydrogen-bond acceptors (Lipinski definition) is 6. The zero-order valence-corrected chi connectivity index (χ0v) is 21.8. The van der Waals surface area contributed by atoms with E-state index < -0.39 is 13.9 Å². The number of halogens is 1. The average Bonchev–Trinajstić information content (AvgIpc) is 3.43. The van der Waals surface area contributed by atoms with Crippen LogP contribution in [0.4, 0.5) is 4.39 Å². The van der Waals surface area contributed by atoms with E-state index in [4.69, 9.17) is 15.2 Å². The number of hydrogen-bond donors (Lipinski definition) is 1. The number of aromatic nitrogens is 3. The van der Waals surface area contributed by atoms with Gasteiger partial charge in [0.25, 0.3) is 5.91 Å². The maximum Gasteiger partial charge on any atom is 0.274 e. The quantitative estimate of drug-likeness (QED) is 0.415. The Balaban J connectivity index is 1.62. The van der Waals surface area contributed by atoms with Gasteiger partial charge in [0, 0.05) is 44.3 Å². The third-order valence-electron chi connectivity index (χ3n) is 6.90. The molecular weight excluding hydrogens is 469 g/mol. The molecule has 1 spiro atoms. The normalized spacial score (nSPS) is 19.1. The first-order valence-corrected chi connectivity index (χ1v) is 15.7. The summed E-state index contributed by atoms with van der Waals surface area (Å²) in [6.45, 7) is 7.88. The number of nitrogens with two attached hydrogens (primary N) is 1. The molecule has 190 valence electrons. The van der Waals surface area contributed by atoms with Crippen molar-refractivity contribution < 1.29 is 23.5 Å². The fourth-order valence-corrected chi connectivity index (χ4v) is 5.36. The van der Waals surface area contributed by atoms with Gasteiger partial charge in [0.15, 0.2) is 11.5 Å². The van der Waals surface area contributed by atoms with Gasteiger partial charge >= 0.3 is 0 Å². The summed E-state index contributed by atoms with van der Waals surface area (Å²) < 4.78 is 27.4. The number of amides is 2. The smallest absolute Gasteiger partial charge is 0.274 e. The van der Waals surface area contributed by atoms with Crippen LogP contribution in [-0.4, -0.2) is 65.4 Å². The second kappa shape index (κ2) is 9.69. The monoisotopic (exact) mass is 503 g/mol. The zero-order chi connectivity index (χ0) is 25.4. The largest absolute Gasteiger partial charge is 0.481 e. The van der Waals surface area contributed by atoms with Gasteiger partial charge in [-0.05, 0) is 37.8 Å². The van der Waals surface area contributed by atoms with Gasteiger partial charge in [0.05, 0.1) is 19.0 Å². The summed E-state index contributed by atoms with van der Waals surface area (Å²) in [6.07, 6.45) is 3.88. The van der Waals surface area contributed by atoms with E-state index in [-0.39, 0.29) is 47.1 Å². The molecule has 1 unspecified atom stereocenters. The van der Waals surface area contributed by atoms with Gasteiger partial charge in [-0.2, -0.15) is 5.10 Å². The van der Waals surface area contributed by atoms with Crippen LogP contribution in [0.1, 0.15) is 36.2 Å². The van der Waals surface area contributed by atoms with E-state index in [1.807, 2.05) is 4.90 Å². The Morgan fingerprint density at radius 1 is 1.29 bits per heavy atom. The molecule has 0 radical (unpaired) electrons. The van der Waals surface area contributed by atoms with Crippen molar-refractivity contribution in [2.45, 2.75) is 63.6 Å². The van der Waals surface area contributed by atoms with Crippen LogP contribution in [0.3, 0.4) is 0 Å². The molecule has 1 saturated heterocycles. The van der Waals surface area contributed by atoms with E-state index in [1.165, 1.54) is 17.9 Å². The zero-order valence-electron chi connectivity index (χ0n) is 20.8. The van der Waals surface area contributed by atoms with E-state index >= 15 is 0 Å². The summed E-state index contributed by atoms with van der Waals surface area (Å²) in [6, 6.07) is 4.06. The molecule has 2 aromatic rings. The highest BCUT2D eigenvalue weighted by molar-refractivity contribution is 6.76. The Morgan fingerprint density at radius 3 is 2.66 bits per heavy atom. The molecule has 4 rings (SSSR count). The molecule has 0 bridgehead atoms.